The standard InChI is InChI=1S/C15H30N2/c1-15(2,14-5-3-4-6-14)12-17-11-13-7-9-16-10-8-13/h13-14,16-17H,3-12H2,1-2H3. The Kier molecular flexibility index (Phi) is 4.87. The van der Waals surface area contributed by atoms with Gasteiger partial charge in [-0.15, -0.1) is 0 Å². The lowest BCUT2D eigenvalue weighted by molar-refractivity contribution is 0.201. The van der Waals surface area contributed by atoms with Gasteiger partial charge in [-0.05, 0) is 62.6 Å². The Morgan fingerprint density at radius 2 is 1.71 bits per heavy atom. The van der Waals surface area contributed by atoms with Gasteiger partial charge in [0.05, 0.1) is 0 Å². The fourth-order valence-electron chi connectivity index (χ4n) is 3.54. The number of hydrogen-bond donors (Lipinski definition) is 2. The van der Waals surface area contributed by atoms with Crippen molar-refractivity contribution in [2.45, 2.75) is 52.4 Å². The van der Waals surface area contributed by atoms with E-state index in [4.69, 9.17) is 0 Å². The summed E-state index contributed by atoms with van der Waals surface area (Å²) < 4.78 is 0. The Morgan fingerprint density at radius 3 is 2.35 bits per heavy atom. The van der Waals surface area contributed by atoms with E-state index in [1.807, 2.05) is 0 Å². The van der Waals surface area contributed by atoms with Crippen molar-refractivity contribution in [1.29, 1.82) is 0 Å². The topological polar surface area (TPSA) is 24.1 Å². The molecule has 0 aromatic heterocycles. The zero-order valence-corrected chi connectivity index (χ0v) is 11.7. The molecule has 0 aromatic carbocycles. The molecule has 1 saturated heterocycles. The quantitative estimate of drug-likeness (QED) is 0.769. The van der Waals surface area contributed by atoms with E-state index in [9.17, 15) is 0 Å². The lowest BCUT2D eigenvalue weighted by atomic mass is 9.77. The molecule has 0 bridgehead atoms. The Morgan fingerprint density at radius 1 is 1.06 bits per heavy atom. The van der Waals surface area contributed by atoms with Crippen LogP contribution in [0, 0.1) is 17.3 Å². The van der Waals surface area contributed by atoms with E-state index in [1.165, 1.54) is 64.7 Å². The average Bonchev–Trinajstić information content (AvgIpc) is 2.84. The summed E-state index contributed by atoms with van der Waals surface area (Å²) in [6.45, 7) is 9.80. The Hall–Kier alpha value is -0.0800. The maximum Gasteiger partial charge on any atom is 0.000528 e. The van der Waals surface area contributed by atoms with Crippen molar-refractivity contribution < 1.29 is 0 Å². The molecule has 1 heterocycles. The molecule has 0 atom stereocenters. The van der Waals surface area contributed by atoms with Crippen LogP contribution in [-0.2, 0) is 0 Å². The molecule has 2 nitrogen and oxygen atoms in total. The van der Waals surface area contributed by atoms with Gasteiger partial charge in [-0.25, -0.2) is 0 Å². The highest BCUT2D eigenvalue weighted by molar-refractivity contribution is 4.84. The van der Waals surface area contributed by atoms with E-state index in [0.29, 0.717) is 5.41 Å². The van der Waals surface area contributed by atoms with E-state index in [1.54, 1.807) is 0 Å². The number of rotatable bonds is 5. The molecule has 0 spiro atoms. The molecule has 2 aliphatic rings. The Balaban J connectivity index is 1.65. The van der Waals surface area contributed by atoms with Crippen LogP contribution in [0.2, 0.25) is 0 Å². The number of nitrogens with one attached hydrogen (secondary N) is 2. The predicted molar refractivity (Wildman–Crippen MR) is 74.2 cm³/mol. The first kappa shape index (κ1) is 13.4. The molecule has 0 radical (unpaired) electrons. The van der Waals surface area contributed by atoms with Crippen molar-refractivity contribution in [3.8, 4) is 0 Å². The molecule has 0 aromatic rings. The van der Waals surface area contributed by atoms with Crippen LogP contribution >= 0.6 is 0 Å². The molecule has 2 N–H and O–H groups in total. The number of piperidine rings is 1. The van der Waals surface area contributed by atoms with E-state index in [2.05, 4.69) is 24.5 Å². The molecule has 0 unspecified atom stereocenters. The molecule has 1 saturated carbocycles. The zero-order valence-electron chi connectivity index (χ0n) is 11.7. The highest BCUT2D eigenvalue weighted by atomic mass is 14.9. The molecule has 2 rings (SSSR count). The van der Waals surface area contributed by atoms with E-state index >= 15 is 0 Å². The molecular formula is C15H30N2. The fourth-order valence-corrected chi connectivity index (χ4v) is 3.54. The minimum atomic E-state index is 0.503. The van der Waals surface area contributed by atoms with Crippen LogP contribution in [0.25, 0.3) is 0 Å². The second kappa shape index (κ2) is 6.19. The van der Waals surface area contributed by atoms with Crippen molar-refractivity contribution in [1.82, 2.24) is 10.6 Å². The van der Waals surface area contributed by atoms with Crippen LogP contribution in [0.1, 0.15) is 52.4 Å². The van der Waals surface area contributed by atoms with Crippen LogP contribution < -0.4 is 10.6 Å². The molecule has 2 heteroatoms. The van der Waals surface area contributed by atoms with Gasteiger partial charge in [0.15, 0.2) is 0 Å². The molecule has 2 fully saturated rings. The van der Waals surface area contributed by atoms with E-state index < -0.39 is 0 Å². The maximum atomic E-state index is 3.74. The largest absolute Gasteiger partial charge is 0.317 e. The Bertz CT molecular complexity index is 213. The summed E-state index contributed by atoms with van der Waals surface area (Å²) in [6.07, 6.45) is 8.56. The summed E-state index contributed by atoms with van der Waals surface area (Å²) in [5.74, 6) is 1.87. The smallest absolute Gasteiger partial charge is 0.000528 e. The predicted octanol–water partition coefficient (Wildman–Crippen LogP) is 2.79. The second-order valence-electron chi connectivity index (χ2n) is 6.79. The van der Waals surface area contributed by atoms with Gasteiger partial charge in [-0.2, -0.15) is 0 Å². The van der Waals surface area contributed by atoms with E-state index in [-0.39, 0.29) is 0 Å². The van der Waals surface area contributed by atoms with Gasteiger partial charge < -0.3 is 10.6 Å². The van der Waals surface area contributed by atoms with Gasteiger partial charge in [0.2, 0.25) is 0 Å². The van der Waals surface area contributed by atoms with Crippen molar-refractivity contribution in [2.24, 2.45) is 17.3 Å². The van der Waals surface area contributed by atoms with E-state index in [0.717, 1.165) is 11.8 Å². The van der Waals surface area contributed by atoms with Gasteiger partial charge in [0, 0.05) is 6.54 Å². The normalized spacial score (nSPS) is 24.4. The van der Waals surface area contributed by atoms with Crippen molar-refractivity contribution in [3.63, 3.8) is 0 Å². The average molecular weight is 238 g/mol. The highest BCUT2D eigenvalue weighted by Crippen LogP contribution is 2.39. The molecule has 1 aliphatic heterocycles. The van der Waals surface area contributed by atoms with Gasteiger partial charge in [-0.3, -0.25) is 0 Å². The second-order valence-corrected chi connectivity index (χ2v) is 6.79. The molecule has 0 amide bonds. The van der Waals surface area contributed by atoms with Crippen LogP contribution in [0.4, 0.5) is 0 Å². The first-order valence-electron chi connectivity index (χ1n) is 7.60. The molecular weight excluding hydrogens is 208 g/mol. The highest BCUT2D eigenvalue weighted by Gasteiger charge is 2.31. The fraction of sp³-hybridized carbons (Fsp3) is 1.00. The zero-order chi connectivity index (χ0) is 12.1. The first-order chi connectivity index (χ1) is 8.18. The summed E-state index contributed by atoms with van der Waals surface area (Å²) in [6, 6.07) is 0. The van der Waals surface area contributed by atoms with Crippen LogP contribution in [-0.4, -0.2) is 26.2 Å². The van der Waals surface area contributed by atoms with Crippen LogP contribution in [0.3, 0.4) is 0 Å². The number of hydrogen-bond acceptors (Lipinski definition) is 2. The van der Waals surface area contributed by atoms with Crippen LogP contribution in [0.15, 0.2) is 0 Å². The van der Waals surface area contributed by atoms with Gasteiger partial charge >= 0.3 is 0 Å². The third-order valence-electron chi connectivity index (χ3n) is 4.93. The van der Waals surface area contributed by atoms with Crippen LogP contribution in [0.5, 0.6) is 0 Å². The maximum absolute atomic E-state index is 3.74. The molecule has 100 valence electrons. The minimum Gasteiger partial charge on any atom is -0.317 e. The summed E-state index contributed by atoms with van der Waals surface area (Å²) in [4.78, 5) is 0. The van der Waals surface area contributed by atoms with Gasteiger partial charge in [0.1, 0.15) is 0 Å². The summed E-state index contributed by atoms with van der Waals surface area (Å²) in [5.41, 5.74) is 0.503. The Labute approximate surface area is 107 Å². The third kappa shape index (κ3) is 3.96. The molecule has 17 heavy (non-hydrogen) atoms. The van der Waals surface area contributed by atoms with Gasteiger partial charge in [-0.1, -0.05) is 26.7 Å². The molecule has 1 aliphatic carbocycles. The third-order valence-corrected chi connectivity index (χ3v) is 4.93. The summed E-state index contributed by atoms with van der Waals surface area (Å²) in [5, 5.41) is 7.18. The van der Waals surface area contributed by atoms with Crippen molar-refractivity contribution in [3.05, 3.63) is 0 Å². The SMILES string of the molecule is CC(C)(CNCC1CCNCC1)C1CCCC1. The van der Waals surface area contributed by atoms with Crippen molar-refractivity contribution >= 4 is 0 Å². The van der Waals surface area contributed by atoms with Crippen molar-refractivity contribution in [2.75, 3.05) is 26.2 Å². The first-order valence-corrected chi connectivity index (χ1v) is 7.60. The monoisotopic (exact) mass is 238 g/mol. The lowest BCUT2D eigenvalue weighted by Gasteiger charge is -2.33. The summed E-state index contributed by atoms with van der Waals surface area (Å²) >= 11 is 0. The summed E-state index contributed by atoms with van der Waals surface area (Å²) in [7, 11) is 0. The lowest BCUT2D eigenvalue weighted by Crippen LogP contribution is -2.39. The minimum absolute atomic E-state index is 0.503. The van der Waals surface area contributed by atoms with Gasteiger partial charge in [0.25, 0.3) is 0 Å².